The Balaban J connectivity index is 2.32. The predicted molar refractivity (Wildman–Crippen MR) is 25.9 cm³/mol. The molecular formula is C4H7Al. The average Bonchev–Trinajstić information content (AvgIpc) is 1.76. The van der Waals surface area contributed by atoms with Crippen molar-refractivity contribution in [3.63, 3.8) is 0 Å². The minimum absolute atomic E-state index is 0.801. The summed E-state index contributed by atoms with van der Waals surface area (Å²) >= 11 is 0.801. The van der Waals surface area contributed by atoms with Crippen LogP contribution in [-0.2, 0) is 0 Å². The van der Waals surface area contributed by atoms with Crippen molar-refractivity contribution in [3.8, 4) is 0 Å². The molecule has 0 aromatic heterocycles. The number of rotatable bonds is 0. The van der Waals surface area contributed by atoms with Crippen molar-refractivity contribution in [2.24, 2.45) is 0 Å². The molecule has 0 saturated carbocycles. The van der Waals surface area contributed by atoms with Crippen LogP contribution in [0.2, 0.25) is 5.28 Å². The van der Waals surface area contributed by atoms with Gasteiger partial charge >= 0.3 is 37.8 Å². The van der Waals surface area contributed by atoms with Gasteiger partial charge in [-0.15, -0.1) is 0 Å². The Morgan fingerprint density at radius 3 is 2.80 bits per heavy atom. The summed E-state index contributed by atoms with van der Waals surface area (Å²) in [5.41, 5.74) is 0. The van der Waals surface area contributed by atoms with Crippen molar-refractivity contribution >= 4 is 19.7 Å². The van der Waals surface area contributed by atoms with Crippen molar-refractivity contribution in [2.45, 2.75) is 18.1 Å². The fourth-order valence-corrected chi connectivity index (χ4v) is 1.77. The fraction of sp³-hybridized carbons (Fsp3) is 0.750. The molecule has 5 heavy (non-hydrogen) atoms. The minimum atomic E-state index is 0.801. The van der Waals surface area contributed by atoms with Crippen LogP contribution in [0.5, 0.6) is 0 Å². The van der Waals surface area contributed by atoms with Crippen LogP contribution >= 0.6 is 0 Å². The van der Waals surface area contributed by atoms with Gasteiger partial charge in [0.25, 0.3) is 0 Å². The molecule has 1 rings (SSSR count). The molecule has 0 unspecified atom stereocenters. The maximum atomic E-state index is 2.44. The Bertz CT molecular complexity index is 41.6. The predicted octanol–water partition coefficient (Wildman–Crippen LogP) is 0.705. The van der Waals surface area contributed by atoms with E-state index in [2.05, 4.69) is 4.88 Å². The van der Waals surface area contributed by atoms with Crippen LogP contribution in [0.25, 0.3) is 0 Å². The summed E-state index contributed by atoms with van der Waals surface area (Å²) in [6.07, 6.45) is 2.89. The summed E-state index contributed by atoms with van der Waals surface area (Å²) in [5, 5.41) is 1.53. The Hall–Kier alpha value is 0.402. The van der Waals surface area contributed by atoms with Gasteiger partial charge in [0, 0.05) is 0 Å². The zero-order valence-electron chi connectivity index (χ0n) is 3.28. The van der Waals surface area contributed by atoms with Crippen molar-refractivity contribution in [3.05, 3.63) is 0 Å². The zero-order chi connectivity index (χ0) is 3.54. The normalized spacial score (nSPS) is 19.2. The Morgan fingerprint density at radius 1 is 1.60 bits per heavy atom. The molecular weight excluding hydrogens is 75.0 g/mol. The quantitative estimate of drug-likeness (QED) is 0.377. The summed E-state index contributed by atoms with van der Waals surface area (Å²) in [5.74, 6) is 0. The van der Waals surface area contributed by atoms with Crippen LogP contribution in [0.4, 0.5) is 0 Å². The molecule has 26 valence electrons. The van der Waals surface area contributed by atoms with Crippen LogP contribution in [0, 0.1) is 0 Å². The SMILES string of the molecule is [CH]1=[Al][CH2]CC1. The van der Waals surface area contributed by atoms with E-state index in [9.17, 15) is 0 Å². The van der Waals surface area contributed by atoms with E-state index < -0.39 is 0 Å². The molecule has 0 saturated heterocycles. The van der Waals surface area contributed by atoms with E-state index >= 15 is 0 Å². The Labute approximate surface area is 38.4 Å². The van der Waals surface area contributed by atoms with Gasteiger partial charge in [-0.05, 0) is 0 Å². The summed E-state index contributed by atoms with van der Waals surface area (Å²) < 4.78 is 0. The van der Waals surface area contributed by atoms with Gasteiger partial charge in [0.05, 0.1) is 0 Å². The van der Waals surface area contributed by atoms with Crippen molar-refractivity contribution in [1.29, 1.82) is 0 Å². The molecule has 0 amide bonds. The summed E-state index contributed by atoms with van der Waals surface area (Å²) in [4.78, 5) is 2.44. The van der Waals surface area contributed by atoms with E-state index in [1.165, 1.54) is 18.1 Å². The van der Waals surface area contributed by atoms with E-state index in [-0.39, 0.29) is 0 Å². The molecule has 0 fully saturated rings. The fourth-order valence-electron chi connectivity index (χ4n) is 0.589. The summed E-state index contributed by atoms with van der Waals surface area (Å²) in [6, 6.07) is 0. The molecule has 0 aliphatic carbocycles. The van der Waals surface area contributed by atoms with Gasteiger partial charge in [0.1, 0.15) is 0 Å². The van der Waals surface area contributed by atoms with Gasteiger partial charge in [-0.3, -0.25) is 0 Å². The number of hydrogen-bond donors (Lipinski definition) is 0. The molecule has 0 N–H and O–H groups in total. The van der Waals surface area contributed by atoms with Crippen molar-refractivity contribution < 1.29 is 0 Å². The third-order valence-corrected chi connectivity index (χ3v) is 2.32. The third kappa shape index (κ3) is 0.871. The van der Waals surface area contributed by atoms with E-state index in [1.54, 1.807) is 0 Å². The second-order valence-corrected chi connectivity index (χ2v) is 2.92. The van der Waals surface area contributed by atoms with Gasteiger partial charge in [-0.2, -0.15) is 0 Å². The zero-order valence-corrected chi connectivity index (χ0v) is 4.43. The molecule has 0 spiro atoms. The standard InChI is InChI=1S/C4H7.Al/c1-3-4-2;/h1H,2-4H2;. The van der Waals surface area contributed by atoms with E-state index in [1.807, 2.05) is 0 Å². The first-order valence-corrected chi connectivity index (χ1v) is 3.63. The van der Waals surface area contributed by atoms with E-state index in [4.69, 9.17) is 0 Å². The first-order valence-electron chi connectivity index (χ1n) is 2.15. The third-order valence-electron chi connectivity index (χ3n) is 0.908. The van der Waals surface area contributed by atoms with E-state index in [0.717, 1.165) is 14.8 Å². The number of hydrogen-bond acceptors (Lipinski definition) is 0. The first-order chi connectivity index (χ1) is 2.50. The Kier molecular flexibility index (Phi) is 1.25. The molecule has 0 nitrogen and oxygen atoms in total. The molecule has 0 radical (unpaired) electrons. The monoisotopic (exact) mass is 82.0 g/mol. The molecule has 1 heteroatoms. The summed E-state index contributed by atoms with van der Waals surface area (Å²) in [6.45, 7) is 0. The molecule has 0 aromatic carbocycles. The molecule has 0 bridgehead atoms. The van der Waals surface area contributed by atoms with Gasteiger partial charge < -0.3 is 0 Å². The molecule has 0 atom stereocenters. The van der Waals surface area contributed by atoms with Crippen LogP contribution < -0.4 is 0 Å². The van der Waals surface area contributed by atoms with Gasteiger partial charge in [0.15, 0.2) is 0 Å². The van der Waals surface area contributed by atoms with Crippen LogP contribution in [0.1, 0.15) is 12.8 Å². The van der Waals surface area contributed by atoms with E-state index in [0.29, 0.717) is 0 Å². The van der Waals surface area contributed by atoms with Crippen LogP contribution in [-0.4, -0.2) is 19.7 Å². The van der Waals surface area contributed by atoms with Gasteiger partial charge in [0.2, 0.25) is 0 Å². The van der Waals surface area contributed by atoms with Crippen molar-refractivity contribution in [1.82, 2.24) is 0 Å². The summed E-state index contributed by atoms with van der Waals surface area (Å²) in [7, 11) is 0. The maximum absolute atomic E-state index is 2.44. The van der Waals surface area contributed by atoms with Crippen LogP contribution in [0.3, 0.4) is 0 Å². The molecule has 0 aromatic rings. The average molecular weight is 82.1 g/mol. The first kappa shape index (κ1) is 3.59. The Morgan fingerprint density at radius 2 is 2.60 bits per heavy atom. The van der Waals surface area contributed by atoms with Gasteiger partial charge in [-0.25, -0.2) is 0 Å². The second kappa shape index (κ2) is 1.75. The molecule has 1 aliphatic heterocycles. The van der Waals surface area contributed by atoms with Crippen LogP contribution in [0.15, 0.2) is 0 Å². The molecule has 1 aliphatic rings. The van der Waals surface area contributed by atoms with Crippen molar-refractivity contribution in [2.75, 3.05) is 0 Å². The van der Waals surface area contributed by atoms with Gasteiger partial charge in [-0.1, -0.05) is 0 Å². The molecule has 1 heterocycles. The second-order valence-electron chi connectivity index (χ2n) is 1.40. The topological polar surface area (TPSA) is 0 Å².